The highest BCUT2D eigenvalue weighted by Crippen LogP contribution is 2.38. The summed E-state index contributed by atoms with van der Waals surface area (Å²) < 4.78 is 23.3. The van der Waals surface area contributed by atoms with Crippen LogP contribution >= 0.6 is 7.82 Å². The Hall–Kier alpha value is -2.06. The molecular formula is C50H91N2O6P. The molecule has 0 aromatic heterocycles. The van der Waals surface area contributed by atoms with Crippen LogP contribution in [0.5, 0.6) is 0 Å². The summed E-state index contributed by atoms with van der Waals surface area (Å²) in [5, 5.41) is 13.9. The third kappa shape index (κ3) is 43.8. The first-order valence-electron chi connectivity index (χ1n) is 23.8. The van der Waals surface area contributed by atoms with E-state index in [4.69, 9.17) is 9.05 Å². The first kappa shape index (κ1) is 56.9. The molecule has 0 bridgehead atoms. The summed E-state index contributed by atoms with van der Waals surface area (Å²) in [6.45, 7) is 4.54. The minimum Gasteiger partial charge on any atom is -0.756 e. The Labute approximate surface area is 364 Å². The third-order valence-electron chi connectivity index (χ3n) is 10.2. The quantitative estimate of drug-likeness (QED) is 0.0274. The van der Waals surface area contributed by atoms with E-state index in [0.29, 0.717) is 23.9 Å². The van der Waals surface area contributed by atoms with Crippen LogP contribution in [0.15, 0.2) is 72.9 Å². The van der Waals surface area contributed by atoms with Gasteiger partial charge in [0.1, 0.15) is 13.2 Å². The molecule has 0 saturated heterocycles. The molecule has 0 aliphatic rings. The number of phosphoric acid groups is 1. The number of quaternary nitrogens is 1. The molecule has 0 aliphatic heterocycles. The highest BCUT2D eigenvalue weighted by atomic mass is 31.2. The van der Waals surface area contributed by atoms with E-state index in [1.54, 1.807) is 0 Å². The van der Waals surface area contributed by atoms with Crippen LogP contribution in [-0.4, -0.2) is 68.5 Å². The van der Waals surface area contributed by atoms with Gasteiger partial charge < -0.3 is 28.8 Å². The average Bonchev–Trinajstić information content (AvgIpc) is 3.19. The highest BCUT2D eigenvalue weighted by Gasteiger charge is 2.24. The number of allylic oxidation sites excluding steroid dienone is 12. The second-order valence-electron chi connectivity index (χ2n) is 17.1. The summed E-state index contributed by atoms with van der Waals surface area (Å²) >= 11 is 0. The molecule has 342 valence electrons. The fraction of sp³-hybridized carbons (Fsp3) is 0.740. The van der Waals surface area contributed by atoms with E-state index in [1.807, 2.05) is 33.3 Å². The number of phosphoric ester groups is 1. The number of nitrogens with zero attached hydrogens (tertiary/aromatic N) is 1. The van der Waals surface area contributed by atoms with Crippen molar-refractivity contribution in [3.8, 4) is 0 Å². The molecule has 3 atom stereocenters. The Morgan fingerprint density at radius 2 is 1.00 bits per heavy atom. The minimum absolute atomic E-state index is 0.00484. The number of carbonyl (C=O) groups is 1. The van der Waals surface area contributed by atoms with Gasteiger partial charge in [-0.05, 0) is 51.4 Å². The molecule has 0 rings (SSSR count). The number of aliphatic hydroxyl groups excluding tert-OH is 1. The molecule has 59 heavy (non-hydrogen) atoms. The zero-order valence-electron chi connectivity index (χ0n) is 38.7. The number of hydrogen-bond donors (Lipinski definition) is 2. The monoisotopic (exact) mass is 847 g/mol. The maximum Gasteiger partial charge on any atom is 0.268 e. The minimum atomic E-state index is -4.59. The van der Waals surface area contributed by atoms with E-state index in [2.05, 4.69) is 79.9 Å². The molecule has 0 aromatic carbocycles. The predicted octanol–water partition coefficient (Wildman–Crippen LogP) is 12.9. The summed E-state index contributed by atoms with van der Waals surface area (Å²) in [6, 6.07) is -0.845. The SMILES string of the molecule is CC/C=C\C/C=C\C/C=C\C/C=C\C/C=C\C/C=C\CCC(=O)NC(COP(=O)([O-])OCC[N+](C)(C)C)C(O)CCCCCCCCCCCCCCCCCCCC. The molecule has 8 nitrogen and oxygen atoms in total. The number of nitrogens with one attached hydrogen (secondary N) is 1. The lowest BCUT2D eigenvalue weighted by Crippen LogP contribution is -2.46. The highest BCUT2D eigenvalue weighted by molar-refractivity contribution is 7.45. The Bertz CT molecular complexity index is 1190. The second kappa shape index (κ2) is 41.3. The lowest BCUT2D eigenvalue weighted by atomic mass is 10.0. The number of amides is 1. The number of likely N-dealkylation sites (N-methyl/N-ethyl adjacent to an activating group) is 1. The molecular weight excluding hydrogens is 756 g/mol. The molecule has 2 N–H and O–H groups in total. The van der Waals surface area contributed by atoms with E-state index >= 15 is 0 Å². The van der Waals surface area contributed by atoms with E-state index in [9.17, 15) is 19.4 Å². The van der Waals surface area contributed by atoms with Gasteiger partial charge in [-0.1, -0.05) is 202 Å². The normalized spacial score (nSPS) is 14.9. The van der Waals surface area contributed by atoms with Gasteiger partial charge in [-0.3, -0.25) is 9.36 Å². The van der Waals surface area contributed by atoms with Gasteiger partial charge in [0.2, 0.25) is 5.91 Å². The first-order valence-corrected chi connectivity index (χ1v) is 25.2. The van der Waals surface area contributed by atoms with Gasteiger partial charge in [0.05, 0.1) is 39.9 Å². The number of hydrogen-bond acceptors (Lipinski definition) is 6. The van der Waals surface area contributed by atoms with Crippen LogP contribution in [0, 0.1) is 0 Å². The zero-order valence-corrected chi connectivity index (χ0v) is 39.6. The Morgan fingerprint density at radius 3 is 1.41 bits per heavy atom. The molecule has 0 saturated carbocycles. The molecule has 3 unspecified atom stereocenters. The molecule has 0 aromatic rings. The smallest absolute Gasteiger partial charge is 0.268 e. The number of aliphatic hydroxyl groups is 1. The summed E-state index contributed by atoms with van der Waals surface area (Å²) in [6.07, 6.45) is 54.9. The molecule has 0 radical (unpaired) electrons. The van der Waals surface area contributed by atoms with Gasteiger partial charge in [-0.15, -0.1) is 0 Å². The number of unbranched alkanes of at least 4 members (excludes halogenated alkanes) is 17. The van der Waals surface area contributed by atoms with Crippen molar-refractivity contribution in [1.82, 2.24) is 5.32 Å². The maximum absolute atomic E-state index is 12.9. The molecule has 0 aliphatic carbocycles. The van der Waals surface area contributed by atoms with Crippen molar-refractivity contribution in [2.24, 2.45) is 0 Å². The van der Waals surface area contributed by atoms with Gasteiger partial charge in [0.15, 0.2) is 0 Å². The topological polar surface area (TPSA) is 108 Å². The van der Waals surface area contributed by atoms with Crippen LogP contribution in [0.1, 0.15) is 187 Å². The number of carbonyl (C=O) groups excluding carboxylic acids is 1. The molecule has 0 fully saturated rings. The van der Waals surface area contributed by atoms with Crippen molar-refractivity contribution < 1.29 is 32.9 Å². The summed E-state index contributed by atoms with van der Waals surface area (Å²) in [4.78, 5) is 25.3. The van der Waals surface area contributed by atoms with Crippen molar-refractivity contribution in [3.63, 3.8) is 0 Å². The van der Waals surface area contributed by atoms with Crippen LogP contribution in [0.3, 0.4) is 0 Å². The van der Waals surface area contributed by atoms with Crippen LogP contribution in [-0.2, 0) is 18.4 Å². The van der Waals surface area contributed by atoms with Gasteiger partial charge in [0, 0.05) is 6.42 Å². The van der Waals surface area contributed by atoms with Gasteiger partial charge in [-0.2, -0.15) is 0 Å². The van der Waals surface area contributed by atoms with Gasteiger partial charge in [-0.25, -0.2) is 0 Å². The lowest BCUT2D eigenvalue weighted by Gasteiger charge is -2.30. The standard InChI is InChI=1S/C50H91N2O6P/c1-6-8-10-12-14-16-18-20-22-24-26-28-30-32-34-36-38-40-42-44-50(54)51-48(47-58-59(55,56)57-46-45-52(3,4)5)49(53)43-41-39-37-35-33-31-29-27-25-23-21-19-17-15-13-11-9-7-2/h8,10,14,16,20,22,26,28,32,34,38,40,48-49,53H,6-7,9,11-13,15,17-19,21,23-25,27,29-31,33,35-37,39,41-47H2,1-5H3,(H-,51,54,55,56)/b10-8-,16-14-,22-20-,28-26-,34-32-,40-38-. The third-order valence-corrected chi connectivity index (χ3v) is 11.2. The fourth-order valence-electron chi connectivity index (χ4n) is 6.47. The van der Waals surface area contributed by atoms with Crippen molar-refractivity contribution in [2.45, 2.75) is 199 Å². The van der Waals surface area contributed by atoms with Crippen LogP contribution < -0.4 is 10.2 Å². The van der Waals surface area contributed by atoms with Crippen LogP contribution in [0.2, 0.25) is 0 Å². The van der Waals surface area contributed by atoms with E-state index in [1.165, 1.54) is 96.3 Å². The van der Waals surface area contributed by atoms with Crippen LogP contribution in [0.4, 0.5) is 0 Å². The van der Waals surface area contributed by atoms with E-state index < -0.39 is 20.0 Å². The molecule has 0 spiro atoms. The summed E-state index contributed by atoms with van der Waals surface area (Å²) in [7, 11) is 1.25. The van der Waals surface area contributed by atoms with Crippen LogP contribution in [0.25, 0.3) is 0 Å². The fourth-order valence-corrected chi connectivity index (χ4v) is 7.20. The number of rotatable bonds is 42. The summed E-state index contributed by atoms with van der Waals surface area (Å²) in [5.41, 5.74) is 0. The Morgan fingerprint density at radius 1 is 0.610 bits per heavy atom. The van der Waals surface area contributed by atoms with Crippen molar-refractivity contribution in [2.75, 3.05) is 40.9 Å². The largest absolute Gasteiger partial charge is 0.756 e. The van der Waals surface area contributed by atoms with Gasteiger partial charge in [0.25, 0.3) is 7.82 Å². The molecule has 0 heterocycles. The first-order chi connectivity index (χ1) is 28.5. The van der Waals surface area contributed by atoms with Crippen molar-refractivity contribution >= 4 is 13.7 Å². The zero-order chi connectivity index (χ0) is 43.6. The molecule has 9 heteroatoms. The maximum atomic E-state index is 12.9. The lowest BCUT2D eigenvalue weighted by molar-refractivity contribution is -0.870. The summed E-state index contributed by atoms with van der Waals surface area (Å²) in [5.74, 6) is -0.248. The predicted molar refractivity (Wildman–Crippen MR) is 251 cm³/mol. The van der Waals surface area contributed by atoms with Crippen molar-refractivity contribution in [3.05, 3.63) is 72.9 Å². The molecule has 1 amide bonds. The van der Waals surface area contributed by atoms with E-state index in [0.717, 1.165) is 57.8 Å². The van der Waals surface area contributed by atoms with Gasteiger partial charge >= 0.3 is 0 Å². The van der Waals surface area contributed by atoms with E-state index in [-0.39, 0.29) is 25.5 Å². The average molecular weight is 847 g/mol. The Balaban J connectivity index is 4.46. The Kier molecular flexibility index (Phi) is 39.9. The van der Waals surface area contributed by atoms with Crippen molar-refractivity contribution in [1.29, 1.82) is 0 Å². The second-order valence-corrected chi connectivity index (χ2v) is 18.5.